The predicted octanol–water partition coefficient (Wildman–Crippen LogP) is 5.47. The van der Waals surface area contributed by atoms with E-state index in [1.807, 2.05) is 60.7 Å². The number of carboxylic acid groups (broad SMARTS) is 1. The third-order valence-electron chi connectivity index (χ3n) is 4.80. The van der Waals surface area contributed by atoms with Crippen molar-refractivity contribution in [1.82, 2.24) is 0 Å². The molecule has 4 rings (SSSR count). The van der Waals surface area contributed by atoms with Crippen molar-refractivity contribution in [2.24, 2.45) is 0 Å². The number of aliphatic carboxylic acids is 1. The van der Waals surface area contributed by atoms with Gasteiger partial charge in [0.25, 0.3) is 0 Å². The van der Waals surface area contributed by atoms with Gasteiger partial charge in [-0.15, -0.1) is 0 Å². The van der Waals surface area contributed by atoms with Gasteiger partial charge in [-0.2, -0.15) is 0 Å². The molecule has 1 aliphatic rings. The average molecular weight is 417 g/mol. The van der Waals surface area contributed by atoms with E-state index < -0.39 is 5.97 Å². The van der Waals surface area contributed by atoms with Gasteiger partial charge in [-0.1, -0.05) is 36.4 Å². The molecule has 0 radical (unpaired) electrons. The van der Waals surface area contributed by atoms with Crippen molar-refractivity contribution in [3.05, 3.63) is 84.1 Å². The van der Waals surface area contributed by atoms with Crippen molar-refractivity contribution in [1.29, 1.82) is 0 Å². The molecule has 158 valence electrons. The number of hydrogen-bond donors (Lipinski definition) is 1. The minimum Gasteiger partial charge on any atom is -0.492 e. The highest BCUT2D eigenvalue weighted by molar-refractivity contribution is 5.89. The highest BCUT2D eigenvalue weighted by atomic mass is 16.5. The summed E-state index contributed by atoms with van der Waals surface area (Å²) in [5, 5.41) is 9.17. The molecule has 1 aliphatic heterocycles. The van der Waals surface area contributed by atoms with Crippen molar-refractivity contribution < 1.29 is 24.1 Å². The fourth-order valence-electron chi connectivity index (χ4n) is 3.41. The summed E-state index contributed by atoms with van der Waals surface area (Å²) in [6.07, 6.45) is 1.50. The van der Waals surface area contributed by atoms with E-state index in [1.54, 1.807) is 19.1 Å². The van der Waals surface area contributed by atoms with Crippen LogP contribution in [0, 0.1) is 0 Å². The van der Waals surface area contributed by atoms with Gasteiger partial charge in [0.15, 0.2) is 11.5 Å². The Hall–Kier alpha value is -3.93. The molecule has 1 N–H and O–H groups in total. The van der Waals surface area contributed by atoms with Gasteiger partial charge in [0, 0.05) is 0 Å². The number of carboxylic acids is 1. The molecule has 0 saturated heterocycles. The maximum absolute atomic E-state index is 11.2. The molecule has 0 aliphatic carbocycles. The minimum atomic E-state index is -1.09. The predicted molar refractivity (Wildman–Crippen MR) is 119 cm³/mol. The SMILES string of the molecule is CCOC(=Cc1ccc(OCCN2c3ccccc3Oc3ccccc32)cc1)C(=O)O. The molecule has 6 nitrogen and oxygen atoms in total. The standard InChI is InChI=1S/C25H23NO5/c1-2-29-24(25(27)28)17-18-11-13-19(14-12-18)30-16-15-26-20-7-3-5-9-22(20)31-23-10-6-4-8-21(23)26/h3-14,17H,2,15-16H2,1H3,(H,27,28). The Balaban J connectivity index is 1.43. The Morgan fingerprint density at radius 2 is 1.58 bits per heavy atom. The van der Waals surface area contributed by atoms with Crippen LogP contribution in [0.2, 0.25) is 0 Å². The second-order valence-electron chi connectivity index (χ2n) is 6.85. The van der Waals surface area contributed by atoms with Crippen LogP contribution in [0.25, 0.3) is 6.08 Å². The number of carbonyl (C=O) groups is 1. The summed E-state index contributed by atoms with van der Waals surface area (Å²) in [7, 11) is 0. The molecule has 0 unspecified atom stereocenters. The van der Waals surface area contributed by atoms with Crippen molar-refractivity contribution in [3.8, 4) is 17.2 Å². The van der Waals surface area contributed by atoms with Crippen LogP contribution in [-0.4, -0.2) is 30.8 Å². The highest BCUT2D eigenvalue weighted by Gasteiger charge is 2.23. The quantitative estimate of drug-likeness (QED) is 0.387. The summed E-state index contributed by atoms with van der Waals surface area (Å²) >= 11 is 0. The molecule has 3 aromatic carbocycles. The topological polar surface area (TPSA) is 68.2 Å². The molecular weight excluding hydrogens is 394 g/mol. The third-order valence-corrected chi connectivity index (χ3v) is 4.80. The van der Waals surface area contributed by atoms with E-state index in [0.717, 1.165) is 28.4 Å². The Morgan fingerprint density at radius 3 is 2.16 bits per heavy atom. The summed E-state index contributed by atoms with van der Waals surface area (Å²) in [5.41, 5.74) is 2.74. The number of benzene rings is 3. The Labute approximate surface area is 180 Å². The second-order valence-corrected chi connectivity index (χ2v) is 6.85. The van der Waals surface area contributed by atoms with Crippen molar-refractivity contribution >= 4 is 23.4 Å². The number of rotatable bonds is 8. The molecule has 0 bridgehead atoms. The Morgan fingerprint density at radius 1 is 0.968 bits per heavy atom. The van der Waals surface area contributed by atoms with Crippen molar-refractivity contribution in [2.45, 2.75) is 6.92 Å². The Bertz CT molecular complexity index is 1050. The maximum atomic E-state index is 11.2. The number of ether oxygens (including phenoxy) is 3. The van der Waals surface area contributed by atoms with Gasteiger partial charge in [0.05, 0.1) is 24.5 Å². The van der Waals surface area contributed by atoms with Crippen LogP contribution in [0.3, 0.4) is 0 Å². The zero-order chi connectivity index (χ0) is 21.6. The molecule has 0 atom stereocenters. The number of para-hydroxylation sites is 4. The molecule has 0 saturated carbocycles. The number of nitrogens with zero attached hydrogens (tertiary/aromatic N) is 1. The van der Waals surface area contributed by atoms with Crippen molar-refractivity contribution in [3.63, 3.8) is 0 Å². The van der Waals surface area contributed by atoms with Crippen LogP contribution < -0.4 is 14.4 Å². The van der Waals surface area contributed by atoms with Gasteiger partial charge >= 0.3 is 5.97 Å². The lowest BCUT2D eigenvalue weighted by atomic mass is 10.1. The zero-order valence-corrected chi connectivity index (χ0v) is 17.2. The van der Waals surface area contributed by atoms with E-state index in [9.17, 15) is 4.79 Å². The first-order valence-corrected chi connectivity index (χ1v) is 10.1. The Kier molecular flexibility index (Phi) is 6.08. The lowest BCUT2D eigenvalue weighted by molar-refractivity contribution is -0.136. The van der Waals surface area contributed by atoms with Gasteiger partial charge in [0.1, 0.15) is 12.4 Å². The van der Waals surface area contributed by atoms with E-state index in [-0.39, 0.29) is 5.76 Å². The largest absolute Gasteiger partial charge is 0.492 e. The molecule has 0 spiro atoms. The first-order valence-electron chi connectivity index (χ1n) is 10.1. The van der Waals surface area contributed by atoms with Crippen LogP contribution in [0.15, 0.2) is 78.6 Å². The molecule has 0 aromatic heterocycles. The monoisotopic (exact) mass is 417 g/mol. The molecule has 6 heteroatoms. The lowest BCUT2D eigenvalue weighted by Gasteiger charge is -2.32. The van der Waals surface area contributed by atoms with Gasteiger partial charge in [-0.3, -0.25) is 0 Å². The van der Waals surface area contributed by atoms with Gasteiger partial charge < -0.3 is 24.2 Å². The van der Waals surface area contributed by atoms with Crippen LogP contribution in [-0.2, 0) is 9.53 Å². The highest BCUT2D eigenvalue weighted by Crippen LogP contribution is 2.45. The van der Waals surface area contributed by atoms with Gasteiger partial charge in [-0.25, -0.2) is 4.79 Å². The molecule has 0 amide bonds. The van der Waals surface area contributed by atoms with Crippen LogP contribution >= 0.6 is 0 Å². The normalized spacial score (nSPS) is 12.4. The van der Waals surface area contributed by atoms with Crippen LogP contribution in [0.4, 0.5) is 11.4 Å². The summed E-state index contributed by atoms with van der Waals surface area (Å²) in [5.74, 6) is 1.18. The summed E-state index contributed by atoms with van der Waals surface area (Å²) < 4.78 is 17.1. The van der Waals surface area contributed by atoms with Crippen LogP contribution in [0.5, 0.6) is 17.2 Å². The molecule has 31 heavy (non-hydrogen) atoms. The van der Waals surface area contributed by atoms with E-state index in [0.29, 0.717) is 25.5 Å². The molecule has 1 heterocycles. The average Bonchev–Trinajstić information content (AvgIpc) is 2.79. The van der Waals surface area contributed by atoms with Crippen molar-refractivity contribution in [2.75, 3.05) is 24.7 Å². The summed E-state index contributed by atoms with van der Waals surface area (Å²) in [6, 6.07) is 23.1. The second kappa shape index (κ2) is 9.26. The fraction of sp³-hybridized carbons (Fsp3) is 0.160. The maximum Gasteiger partial charge on any atom is 0.371 e. The van der Waals surface area contributed by atoms with E-state index >= 15 is 0 Å². The van der Waals surface area contributed by atoms with E-state index in [1.165, 1.54) is 6.08 Å². The van der Waals surface area contributed by atoms with Crippen LogP contribution in [0.1, 0.15) is 12.5 Å². The minimum absolute atomic E-state index is 0.0826. The summed E-state index contributed by atoms with van der Waals surface area (Å²) in [4.78, 5) is 13.4. The van der Waals surface area contributed by atoms with E-state index in [2.05, 4.69) is 4.90 Å². The fourth-order valence-corrected chi connectivity index (χ4v) is 3.41. The number of hydrogen-bond acceptors (Lipinski definition) is 5. The van der Waals surface area contributed by atoms with E-state index in [4.69, 9.17) is 19.3 Å². The summed E-state index contributed by atoms with van der Waals surface area (Å²) in [6.45, 7) is 3.16. The zero-order valence-electron chi connectivity index (χ0n) is 17.2. The molecule has 0 fully saturated rings. The first kappa shape index (κ1) is 20.3. The number of anilines is 2. The lowest BCUT2D eigenvalue weighted by Crippen LogP contribution is -2.26. The molecule has 3 aromatic rings. The molecular formula is C25H23NO5. The number of fused-ring (bicyclic) bond motifs is 2. The smallest absolute Gasteiger partial charge is 0.371 e. The third kappa shape index (κ3) is 4.64. The van der Waals surface area contributed by atoms with Gasteiger partial charge in [-0.05, 0) is 55.0 Å². The van der Waals surface area contributed by atoms with Gasteiger partial charge in [0.2, 0.25) is 5.76 Å². The first-order chi connectivity index (χ1) is 15.2.